The zero-order valence-corrected chi connectivity index (χ0v) is 28.2. The molecule has 0 saturated heterocycles. The molecule has 2 aromatic rings. The van der Waals surface area contributed by atoms with Crippen LogP contribution in [0.25, 0.3) is 10.9 Å². The Morgan fingerprint density at radius 1 is 0.634 bits per heavy atom. The van der Waals surface area contributed by atoms with E-state index in [2.05, 4.69) is 70.4 Å². The van der Waals surface area contributed by atoms with Crippen molar-refractivity contribution in [3.8, 4) is 0 Å². The third-order valence-electron chi connectivity index (χ3n) is 5.02. The van der Waals surface area contributed by atoms with E-state index >= 15 is 0 Å². The number of carbonyl (C=O) groups excluding carboxylic acids is 2. The molecule has 0 bridgehead atoms. The second-order valence-electron chi connectivity index (χ2n) is 7.96. The van der Waals surface area contributed by atoms with Gasteiger partial charge in [0, 0.05) is 46.6 Å². The van der Waals surface area contributed by atoms with Crippen LogP contribution in [0.5, 0.6) is 0 Å². The first kappa shape index (κ1) is 34.6. The van der Waals surface area contributed by atoms with Gasteiger partial charge in [-0.25, -0.2) is 0 Å². The molecule has 0 spiro atoms. The molecule has 2 N–H and O–H groups in total. The Hall–Kier alpha value is -2.58. The number of thiol groups is 2. The molecule has 0 heterocycles. The van der Waals surface area contributed by atoms with Crippen molar-refractivity contribution in [2.75, 3.05) is 0 Å². The van der Waals surface area contributed by atoms with Gasteiger partial charge in [-0.2, -0.15) is 0 Å². The summed E-state index contributed by atoms with van der Waals surface area (Å²) in [4.78, 5) is 22.9. The van der Waals surface area contributed by atoms with E-state index in [4.69, 9.17) is 0 Å². The third kappa shape index (κ3) is 14.2. The first-order valence-electron chi connectivity index (χ1n) is 12.1. The quantitative estimate of drug-likeness (QED) is 0.0985. The minimum atomic E-state index is -0.0344. The number of thioether (sulfide) groups is 2. The Morgan fingerprint density at radius 3 is 1.37 bits per heavy atom. The van der Waals surface area contributed by atoms with E-state index in [1.165, 1.54) is 46.8 Å². The van der Waals surface area contributed by atoms with Gasteiger partial charge in [0.1, 0.15) is 24.4 Å². The van der Waals surface area contributed by atoms with Crippen LogP contribution in [0.1, 0.15) is 11.1 Å². The molecule has 0 aromatic heterocycles. The maximum absolute atomic E-state index is 11.5. The number of ketones is 2. The van der Waals surface area contributed by atoms with E-state index in [0.29, 0.717) is 19.8 Å². The zero-order chi connectivity index (χ0) is 28.4. The summed E-state index contributed by atoms with van der Waals surface area (Å²) in [5.74, 6) is 1.55. The molecule has 0 amide bonds. The average molecular weight is 724 g/mol. The summed E-state index contributed by atoms with van der Waals surface area (Å²) < 4.78 is 1.24. The molecular formula is C30H28N4O2S4Sn. The van der Waals surface area contributed by atoms with Gasteiger partial charge in [-0.3, -0.25) is 9.59 Å². The number of benzene rings is 2. The van der Waals surface area contributed by atoms with Crippen LogP contribution in [0.15, 0.2) is 133 Å². The number of nitrogens with zero attached hydrogens (tertiary/aromatic N) is 2. The van der Waals surface area contributed by atoms with E-state index in [9.17, 15) is 9.59 Å². The van der Waals surface area contributed by atoms with Gasteiger partial charge in [0.2, 0.25) is 0 Å². The Bertz CT molecular complexity index is 1270. The second kappa shape index (κ2) is 20.3. The molecule has 2 aliphatic carbocycles. The Morgan fingerprint density at radius 2 is 1.00 bits per heavy atom. The minimum absolute atomic E-state index is 0. The fourth-order valence-electron chi connectivity index (χ4n) is 3.02. The second-order valence-corrected chi connectivity index (χ2v) is 11.3. The number of carbonyl (C=O) groups is 2. The van der Waals surface area contributed by atoms with Crippen molar-refractivity contribution in [2.45, 2.75) is 11.5 Å². The number of hydrogen-bond acceptors (Lipinski definition) is 6. The zero-order valence-electron chi connectivity index (χ0n) is 21.9. The number of hydrogen-bond donors (Lipinski definition) is 2. The number of allylic oxidation sites excluding steroid dienone is 10. The maximum atomic E-state index is 11.5. The van der Waals surface area contributed by atoms with E-state index < -0.39 is 0 Å². The number of rotatable bonds is 8. The normalized spacial score (nSPS) is 15.2. The van der Waals surface area contributed by atoms with E-state index in [0.717, 1.165) is 11.5 Å². The smallest absolute Gasteiger partial charge is 0.187 e. The topological polar surface area (TPSA) is 86.4 Å². The molecule has 4 radical (unpaired) electrons. The van der Waals surface area contributed by atoms with Crippen molar-refractivity contribution >= 4 is 92.1 Å². The molecule has 0 fully saturated rings. The molecule has 11 heteroatoms. The standard InChI is InChI=1S/2C15H14N2OS2.Sn/c2*18-14-9-5-4-8-13(14)10-16-17-15(19)20-11-12-6-2-1-3-7-12;/h2*1-10H,11H2,(H2,16,17,18,19);. The molecule has 41 heavy (non-hydrogen) atoms. The largest absolute Gasteiger partial charge is 0.485 e. The molecule has 2 aliphatic rings. The van der Waals surface area contributed by atoms with Gasteiger partial charge in [0.25, 0.3) is 0 Å². The fourth-order valence-corrected chi connectivity index (χ4v) is 4.74. The van der Waals surface area contributed by atoms with Crippen LogP contribution in [-0.4, -0.2) is 44.1 Å². The van der Waals surface area contributed by atoms with Gasteiger partial charge in [0.05, 0.1) is 0 Å². The summed E-state index contributed by atoms with van der Waals surface area (Å²) in [5.41, 5.74) is 17.2. The van der Waals surface area contributed by atoms with Crippen LogP contribution >= 0.6 is 23.5 Å². The van der Waals surface area contributed by atoms with Crippen LogP contribution in [-0.2, 0) is 45.5 Å². The van der Waals surface area contributed by atoms with Gasteiger partial charge < -0.3 is 21.7 Å². The molecule has 0 aliphatic heterocycles. The average Bonchev–Trinajstić information content (AvgIpc) is 2.98. The summed E-state index contributed by atoms with van der Waals surface area (Å²) in [7, 11) is 0. The van der Waals surface area contributed by atoms with Crippen LogP contribution in [0.3, 0.4) is 0 Å². The van der Waals surface area contributed by atoms with Crippen molar-refractivity contribution < 1.29 is 9.59 Å². The predicted molar refractivity (Wildman–Crippen MR) is 184 cm³/mol. The van der Waals surface area contributed by atoms with Gasteiger partial charge in [-0.1, -0.05) is 108 Å². The van der Waals surface area contributed by atoms with Crippen molar-refractivity contribution in [1.82, 2.24) is 10.9 Å². The minimum Gasteiger partial charge on any atom is -0.485 e. The van der Waals surface area contributed by atoms with Gasteiger partial charge in [0.15, 0.2) is 20.2 Å². The van der Waals surface area contributed by atoms with Crippen molar-refractivity contribution in [1.29, 1.82) is 0 Å². The first-order chi connectivity index (χ1) is 19.5. The summed E-state index contributed by atoms with van der Waals surface area (Å²) in [5, 5.41) is 0. The molecule has 0 atom stereocenters. The van der Waals surface area contributed by atoms with Crippen molar-refractivity contribution in [2.24, 2.45) is 0 Å². The summed E-state index contributed by atoms with van der Waals surface area (Å²) in [6.07, 6.45) is 16.7. The molecular weight excluding hydrogens is 695 g/mol. The van der Waals surface area contributed by atoms with Crippen LogP contribution in [0.2, 0.25) is 0 Å². The Kier molecular flexibility index (Phi) is 17.2. The summed E-state index contributed by atoms with van der Waals surface area (Å²) in [6, 6.07) is 20.2. The first-order valence-corrected chi connectivity index (χ1v) is 14.9. The maximum Gasteiger partial charge on any atom is 0.187 e. The van der Waals surface area contributed by atoms with E-state index in [1.807, 2.05) is 48.6 Å². The molecule has 208 valence electrons. The van der Waals surface area contributed by atoms with Gasteiger partial charge >= 0.3 is 0 Å². The predicted octanol–water partition coefficient (Wildman–Crippen LogP) is 5.11. The van der Waals surface area contributed by atoms with Gasteiger partial charge in [-0.05, 0) is 47.8 Å². The molecule has 0 saturated carbocycles. The van der Waals surface area contributed by atoms with Crippen LogP contribution < -0.4 is 10.9 Å². The Balaban J connectivity index is 0.000000280. The number of nitrogens with one attached hydrogen (secondary N) is 2. The molecule has 2 aromatic carbocycles. The Labute approximate surface area is 276 Å². The molecule has 0 unspecified atom stereocenters. The van der Waals surface area contributed by atoms with Crippen LogP contribution in [0, 0.1) is 0 Å². The molecule has 6 nitrogen and oxygen atoms in total. The van der Waals surface area contributed by atoms with E-state index in [-0.39, 0.29) is 35.5 Å². The summed E-state index contributed by atoms with van der Waals surface area (Å²) in [6.45, 7) is 0. The summed E-state index contributed by atoms with van der Waals surface area (Å²) >= 11 is 11.6. The van der Waals surface area contributed by atoms with Crippen molar-refractivity contribution in [3.63, 3.8) is 0 Å². The fraction of sp³-hybridized carbons (Fsp3) is 0.0667. The third-order valence-corrected chi connectivity index (χ3v) is 7.65. The van der Waals surface area contributed by atoms with Crippen molar-refractivity contribution in [3.05, 3.63) is 155 Å². The molecule has 4 rings (SSSR count). The van der Waals surface area contributed by atoms with Crippen LogP contribution in [0.4, 0.5) is 0 Å². The SMILES string of the molecule is O=C1C=CC=CC1=CN[N-]C(=[SH+])SCc1ccccc1.O=C1C=CC=CC1=CN[N-]C(=[SH+])SCc1ccccc1.[Sn]. The monoisotopic (exact) mass is 724 g/mol. The van der Waals surface area contributed by atoms with E-state index in [1.54, 1.807) is 36.7 Å². The van der Waals surface area contributed by atoms with Gasteiger partial charge in [-0.15, -0.1) is 0 Å².